The maximum absolute atomic E-state index is 12.6. The fourth-order valence-electron chi connectivity index (χ4n) is 2.32. The van der Waals surface area contributed by atoms with Gasteiger partial charge in [0.25, 0.3) is 5.56 Å². The van der Waals surface area contributed by atoms with Crippen LogP contribution in [0.2, 0.25) is 0 Å². The van der Waals surface area contributed by atoms with Crippen molar-refractivity contribution in [2.75, 3.05) is 19.5 Å². The van der Waals surface area contributed by atoms with Gasteiger partial charge in [0.2, 0.25) is 5.91 Å². The number of benzene rings is 1. The van der Waals surface area contributed by atoms with Gasteiger partial charge in [-0.05, 0) is 13.0 Å². The molecule has 3 rings (SSSR count). The summed E-state index contributed by atoms with van der Waals surface area (Å²) < 4.78 is 11.7. The average Bonchev–Trinajstić information content (AvgIpc) is 3.01. The third kappa shape index (κ3) is 3.45. The molecule has 3 aromatic rings. The zero-order valence-corrected chi connectivity index (χ0v) is 14.7. The molecule has 25 heavy (non-hydrogen) atoms. The molecule has 0 aliphatic rings. The minimum absolute atomic E-state index is 0.158. The molecule has 0 radical (unpaired) electrons. The molecule has 9 heteroatoms. The van der Waals surface area contributed by atoms with Gasteiger partial charge in [-0.15, -0.1) is 11.3 Å². The number of fused-ring (bicyclic) bond motifs is 1. The van der Waals surface area contributed by atoms with Crippen LogP contribution in [0.15, 0.2) is 28.6 Å². The quantitative estimate of drug-likeness (QED) is 0.746. The number of hydrogen-bond donors (Lipinski definition) is 1. The number of rotatable bonds is 5. The third-order valence-electron chi connectivity index (χ3n) is 3.51. The molecule has 1 aromatic carbocycles. The van der Waals surface area contributed by atoms with Crippen LogP contribution in [0.25, 0.3) is 10.9 Å². The summed E-state index contributed by atoms with van der Waals surface area (Å²) in [6.45, 7) is 1.68. The van der Waals surface area contributed by atoms with E-state index in [-0.39, 0.29) is 18.0 Å². The van der Waals surface area contributed by atoms with Crippen LogP contribution < -0.4 is 20.3 Å². The number of hydrogen-bond acceptors (Lipinski definition) is 7. The third-order valence-corrected chi connectivity index (χ3v) is 4.38. The number of methoxy groups -OCH3 is 2. The van der Waals surface area contributed by atoms with Gasteiger partial charge >= 0.3 is 0 Å². The number of carbonyl (C=O) groups is 1. The maximum Gasteiger partial charge on any atom is 0.261 e. The molecule has 1 N–H and O–H groups in total. The van der Waals surface area contributed by atoms with Crippen LogP contribution in [0, 0.1) is 6.92 Å². The van der Waals surface area contributed by atoms with Crippen LogP contribution in [0.5, 0.6) is 11.5 Å². The van der Waals surface area contributed by atoms with Crippen LogP contribution >= 0.6 is 11.3 Å². The fraction of sp³-hybridized carbons (Fsp3) is 0.250. The number of nitrogens with one attached hydrogen (secondary N) is 1. The molecule has 0 atom stereocenters. The molecule has 2 aromatic heterocycles. The highest BCUT2D eigenvalue weighted by Gasteiger charge is 2.13. The van der Waals surface area contributed by atoms with Crippen LogP contribution in [0.4, 0.5) is 5.13 Å². The molecule has 8 nitrogen and oxygen atoms in total. The summed E-state index contributed by atoms with van der Waals surface area (Å²) in [5.74, 6) is 0.559. The number of thiazole rings is 1. The second kappa shape index (κ2) is 6.89. The second-order valence-corrected chi connectivity index (χ2v) is 6.10. The van der Waals surface area contributed by atoms with Gasteiger partial charge in [-0.2, -0.15) is 0 Å². The topological polar surface area (TPSA) is 95.3 Å². The Labute approximate surface area is 147 Å². The highest BCUT2D eigenvalue weighted by molar-refractivity contribution is 7.13. The van der Waals surface area contributed by atoms with E-state index in [1.165, 1.54) is 36.5 Å². The molecule has 0 saturated carbocycles. The number of anilines is 1. The molecule has 0 aliphatic heterocycles. The minimum atomic E-state index is -0.349. The molecule has 0 unspecified atom stereocenters. The largest absolute Gasteiger partial charge is 0.493 e. The molecule has 0 spiro atoms. The lowest BCUT2D eigenvalue weighted by Crippen LogP contribution is -2.27. The average molecular weight is 360 g/mol. The van der Waals surface area contributed by atoms with Gasteiger partial charge in [-0.1, -0.05) is 0 Å². The van der Waals surface area contributed by atoms with E-state index in [2.05, 4.69) is 15.3 Å². The highest BCUT2D eigenvalue weighted by Crippen LogP contribution is 2.29. The molecular weight excluding hydrogens is 344 g/mol. The minimum Gasteiger partial charge on any atom is -0.493 e. The van der Waals surface area contributed by atoms with Crippen LogP contribution in [-0.4, -0.2) is 34.7 Å². The lowest BCUT2D eigenvalue weighted by molar-refractivity contribution is -0.116. The fourth-order valence-corrected chi connectivity index (χ4v) is 3.03. The van der Waals surface area contributed by atoms with E-state index in [1.807, 2.05) is 12.3 Å². The van der Waals surface area contributed by atoms with Crippen molar-refractivity contribution in [3.63, 3.8) is 0 Å². The van der Waals surface area contributed by atoms with Crippen molar-refractivity contribution in [3.05, 3.63) is 39.9 Å². The number of ether oxygens (including phenoxy) is 2. The van der Waals surface area contributed by atoms with Crippen LogP contribution in [0.1, 0.15) is 5.69 Å². The number of amides is 1. The van der Waals surface area contributed by atoms with Gasteiger partial charge in [0.05, 0.1) is 37.1 Å². The van der Waals surface area contributed by atoms with Crippen LogP contribution in [0.3, 0.4) is 0 Å². The molecular formula is C16H16N4O4S. The SMILES string of the molecule is COc1cc2ncn(CC(=O)Nc3nc(C)cs3)c(=O)c2cc1OC. The van der Waals surface area contributed by atoms with Gasteiger partial charge < -0.3 is 14.8 Å². The Balaban J connectivity index is 1.90. The van der Waals surface area contributed by atoms with Crippen molar-refractivity contribution in [2.24, 2.45) is 0 Å². The summed E-state index contributed by atoms with van der Waals surface area (Å²) >= 11 is 1.33. The monoisotopic (exact) mass is 360 g/mol. The molecule has 1 amide bonds. The van der Waals surface area contributed by atoms with Crippen molar-refractivity contribution in [3.8, 4) is 11.5 Å². The van der Waals surface area contributed by atoms with Gasteiger partial charge in [-0.25, -0.2) is 9.97 Å². The van der Waals surface area contributed by atoms with Crippen molar-refractivity contribution in [2.45, 2.75) is 13.5 Å². The first-order valence-corrected chi connectivity index (χ1v) is 8.23. The van der Waals surface area contributed by atoms with Crippen molar-refractivity contribution < 1.29 is 14.3 Å². The van der Waals surface area contributed by atoms with E-state index in [9.17, 15) is 9.59 Å². The number of aryl methyl sites for hydroxylation is 1. The summed E-state index contributed by atoms with van der Waals surface area (Å²) in [7, 11) is 3.00. The Kier molecular flexibility index (Phi) is 4.66. The molecule has 0 fully saturated rings. The van der Waals surface area contributed by atoms with E-state index in [4.69, 9.17) is 9.47 Å². The van der Waals surface area contributed by atoms with E-state index in [0.717, 1.165) is 5.69 Å². The predicted molar refractivity (Wildman–Crippen MR) is 94.6 cm³/mol. The molecule has 0 saturated heterocycles. The van der Waals surface area contributed by atoms with Crippen molar-refractivity contribution >= 4 is 33.3 Å². The molecule has 0 aliphatic carbocycles. The number of carbonyl (C=O) groups excluding carboxylic acids is 1. The van der Waals surface area contributed by atoms with E-state index in [0.29, 0.717) is 27.5 Å². The molecule has 0 bridgehead atoms. The van der Waals surface area contributed by atoms with Gasteiger partial charge in [0, 0.05) is 11.4 Å². The first-order valence-electron chi connectivity index (χ1n) is 7.35. The van der Waals surface area contributed by atoms with Crippen molar-refractivity contribution in [1.29, 1.82) is 0 Å². The summed E-state index contributed by atoms with van der Waals surface area (Å²) in [5, 5.41) is 5.34. The number of aromatic nitrogens is 3. The molecule has 130 valence electrons. The summed E-state index contributed by atoms with van der Waals surface area (Å²) in [4.78, 5) is 33.1. The smallest absolute Gasteiger partial charge is 0.261 e. The van der Waals surface area contributed by atoms with E-state index in [1.54, 1.807) is 12.1 Å². The first kappa shape index (κ1) is 16.9. The highest BCUT2D eigenvalue weighted by atomic mass is 32.1. The van der Waals surface area contributed by atoms with Gasteiger partial charge in [-0.3, -0.25) is 14.2 Å². The summed E-state index contributed by atoms with van der Waals surface area (Å²) in [6.07, 6.45) is 1.34. The lowest BCUT2D eigenvalue weighted by Gasteiger charge is -2.10. The second-order valence-electron chi connectivity index (χ2n) is 5.24. The zero-order valence-electron chi connectivity index (χ0n) is 13.9. The summed E-state index contributed by atoms with van der Waals surface area (Å²) in [6, 6.07) is 3.18. The zero-order chi connectivity index (χ0) is 18.0. The standard InChI is InChI=1S/C16H16N4O4S/c1-9-7-25-16(18-9)19-14(21)6-20-8-17-11-5-13(24-3)12(23-2)4-10(11)15(20)22/h4-5,7-8H,6H2,1-3H3,(H,18,19,21). The Bertz CT molecular complexity index is 995. The van der Waals surface area contributed by atoms with Crippen LogP contribution in [-0.2, 0) is 11.3 Å². The van der Waals surface area contributed by atoms with Crippen molar-refractivity contribution in [1.82, 2.24) is 14.5 Å². The van der Waals surface area contributed by atoms with E-state index < -0.39 is 0 Å². The molecule has 2 heterocycles. The number of nitrogens with zero attached hydrogens (tertiary/aromatic N) is 3. The Morgan fingerprint density at radius 3 is 2.64 bits per heavy atom. The maximum atomic E-state index is 12.6. The Hall–Kier alpha value is -2.94. The Morgan fingerprint density at radius 1 is 1.28 bits per heavy atom. The summed E-state index contributed by atoms with van der Waals surface area (Å²) in [5.41, 5.74) is 0.956. The lowest BCUT2D eigenvalue weighted by atomic mass is 10.2. The Morgan fingerprint density at radius 2 is 2.00 bits per heavy atom. The van der Waals surface area contributed by atoms with E-state index >= 15 is 0 Å². The first-order chi connectivity index (χ1) is 12.0. The van der Waals surface area contributed by atoms with Gasteiger partial charge in [0.15, 0.2) is 16.6 Å². The van der Waals surface area contributed by atoms with Gasteiger partial charge in [0.1, 0.15) is 6.54 Å². The normalized spacial score (nSPS) is 10.7. The predicted octanol–water partition coefficient (Wildman–Crippen LogP) is 1.82.